The van der Waals surface area contributed by atoms with E-state index in [1.54, 1.807) is 57.1 Å². The molecule has 9 heteroatoms. The summed E-state index contributed by atoms with van der Waals surface area (Å²) >= 11 is 0. The molecule has 2 aromatic carbocycles. The van der Waals surface area contributed by atoms with Crippen molar-refractivity contribution in [2.75, 3.05) is 14.2 Å². The number of hydrogen-bond donors (Lipinski definition) is 0. The Morgan fingerprint density at radius 1 is 1.03 bits per heavy atom. The molecule has 0 saturated heterocycles. The molecular weight excluding hydrogens is 488 g/mol. The van der Waals surface area contributed by atoms with Gasteiger partial charge in [0.25, 0.3) is 0 Å². The van der Waals surface area contributed by atoms with Crippen LogP contribution in [0.3, 0.4) is 0 Å². The molecule has 0 aliphatic carbocycles. The number of sulfonamides is 1. The first-order chi connectivity index (χ1) is 17.9. The lowest BCUT2D eigenvalue weighted by Crippen LogP contribution is -2.32. The van der Waals surface area contributed by atoms with Gasteiger partial charge in [0.2, 0.25) is 10.0 Å². The number of rotatable bonds is 9. The molecule has 5 aromatic rings. The summed E-state index contributed by atoms with van der Waals surface area (Å²) in [6.07, 6.45) is 5.50. The van der Waals surface area contributed by atoms with E-state index in [-0.39, 0.29) is 4.90 Å². The Kier molecular flexibility index (Phi) is 6.82. The quantitative estimate of drug-likeness (QED) is 0.274. The number of likely N-dealkylation sites (N-methyl/N-ethyl adjacent to an activating group) is 1. The zero-order chi connectivity index (χ0) is 26.0. The van der Waals surface area contributed by atoms with Gasteiger partial charge in [0.1, 0.15) is 22.9 Å². The summed E-state index contributed by atoms with van der Waals surface area (Å²) in [6, 6.07) is 19.6. The highest BCUT2D eigenvalue weighted by molar-refractivity contribution is 7.89. The first-order valence-electron chi connectivity index (χ1n) is 11.9. The first-order valence-corrected chi connectivity index (χ1v) is 13.3. The Balaban J connectivity index is 1.39. The van der Waals surface area contributed by atoms with E-state index in [1.165, 1.54) is 4.31 Å². The van der Waals surface area contributed by atoms with E-state index in [1.807, 2.05) is 49.4 Å². The predicted octanol–water partition coefficient (Wildman–Crippen LogP) is 4.99. The summed E-state index contributed by atoms with van der Waals surface area (Å²) in [6.45, 7) is 2.53. The second-order valence-electron chi connectivity index (χ2n) is 8.86. The van der Waals surface area contributed by atoms with Crippen LogP contribution in [0.5, 0.6) is 5.75 Å². The third-order valence-electron chi connectivity index (χ3n) is 6.58. The lowest BCUT2D eigenvalue weighted by molar-refractivity contribution is 0.318. The molecule has 0 saturated carbocycles. The van der Waals surface area contributed by atoms with Gasteiger partial charge in [-0.15, -0.1) is 0 Å². The normalized spacial score (nSPS) is 12.8. The van der Waals surface area contributed by atoms with Crippen molar-refractivity contribution < 1.29 is 17.6 Å². The van der Waals surface area contributed by atoms with Crippen LogP contribution in [0, 0.1) is 6.92 Å². The minimum absolute atomic E-state index is 0.224. The molecule has 8 nitrogen and oxygen atoms in total. The van der Waals surface area contributed by atoms with Crippen LogP contribution < -0.4 is 4.74 Å². The van der Waals surface area contributed by atoms with E-state index in [0.29, 0.717) is 18.7 Å². The molecule has 0 aliphatic heterocycles. The molecule has 1 unspecified atom stereocenters. The molecule has 190 valence electrons. The third kappa shape index (κ3) is 5.00. The van der Waals surface area contributed by atoms with Gasteiger partial charge in [-0.1, -0.05) is 24.3 Å². The molecule has 0 N–H and O–H groups in total. The van der Waals surface area contributed by atoms with Crippen LogP contribution in [0.4, 0.5) is 0 Å². The van der Waals surface area contributed by atoms with Crippen LogP contribution in [-0.4, -0.2) is 41.4 Å². The topological polar surface area (TPSA) is 90.5 Å². The van der Waals surface area contributed by atoms with Crippen molar-refractivity contribution >= 4 is 21.1 Å². The molecule has 3 aromatic heterocycles. The van der Waals surface area contributed by atoms with Crippen molar-refractivity contribution in [1.29, 1.82) is 0 Å². The fourth-order valence-corrected chi connectivity index (χ4v) is 5.79. The Morgan fingerprint density at radius 2 is 1.76 bits per heavy atom. The van der Waals surface area contributed by atoms with Crippen molar-refractivity contribution in [1.82, 2.24) is 18.8 Å². The van der Waals surface area contributed by atoms with Gasteiger partial charge in [-0.05, 0) is 66.9 Å². The maximum atomic E-state index is 13.7. The highest BCUT2D eigenvalue weighted by Crippen LogP contribution is 2.30. The summed E-state index contributed by atoms with van der Waals surface area (Å²) in [4.78, 5) is 8.92. The average Bonchev–Trinajstić information content (AvgIpc) is 3.56. The lowest BCUT2D eigenvalue weighted by atomic mass is 10.0. The van der Waals surface area contributed by atoms with Crippen LogP contribution in [0.2, 0.25) is 0 Å². The minimum Gasteiger partial charge on any atom is -0.497 e. The van der Waals surface area contributed by atoms with E-state index in [9.17, 15) is 8.42 Å². The first kappa shape index (κ1) is 24.7. The summed E-state index contributed by atoms with van der Waals surface area (Å²) in [5.41, 5.74) is 3.77. The molecular formula is C28H28N4O4S. The monoisotopic (exact) mass is 516 g/mol. The number of pyridine rings is 1. The maximum Gasteiger partial charge on any atom is 0.243 e. The second-order valence-corrected chi connectivity index (χ2v) is 10.9. The molecule has 1 atom stereocenters. The SMILES string of the molecule is COc1ccc(CC(c2ccco2)N(C)S(=O)(=O)c2ccc(Cn3c(C)nc4cnccc43)cc2)cc1. The van der Waals surface area contributed by atoms with E-state index in [2.05, 4.69) is 14.5 Å². The van der Waals surface area contributed by atoms with Gasteiger partial charge >= 0.3 is 0 Å². The number of methoxy groups -OCH3 is 1. The van der Waals surface area contributed by atoms with Crippen molar-refractivity contribution in [3.63, 3.8) is 0 Å². The Hall–Kier alpha value is -3.95. The van der Waals surface area contributed by atoms with Gasteiger partial charge in [0, 0.05) is 19.8 Å². The van der Waals surface area contributed by atoms with Crippen LogP contribution in [0.25, 0.3) is 11.0 Å². The fraction of sp³-hybridized carbons (Fsp3) is 0.214. The largest absolute Gasteiger partial charge is 0.497 e. The summed E-state index contributed by atoms with van der Waals surface area (Å²) < 4.78 is 41.7. The van der Waals surface area contributed by atoms with Gasteiger partial charge in [-0.25, -0.2) is 13.4 Å². The number of aryl methyl sites for hydroxylation is 1. The second kappa shape index (κ2) is 10.2. The van der Waals surface area contributed by atoms with Crippen LogP contribution in [-0.2, 0) is 23.0 Å². The van der Waals surface area contributed by atoms with Crippen molar-refractivity contribution in [3.8, 4) is 5.75 Å². The van der Waals surface area contributed by atoms with E-state index in [4.69, 9.17) is 9.15 Å². The Bertz CT molecular complexity index is 1590. The minimum atomic E-state index is -3.80. The van der Waals surface area contributed by atoms with Crippen molar-refractivity contribution in [2.24, 2.45) is 0 Å². The smallest absolute Gasteiger partial charge is 0.243 e. The summed E-state index contributed by atoms with van der Waals surface area (Å²) in [5.74, 6) is 2.20. The number of nitrogens with zero attached hydrogens (tertiary/aromatic N) is 4. The van der Waals surface area contributed by atoms with Gasteiger partial charge in [0.15, 0.2) is 0 Å². The molecule has 0 amide bonds. The molecule has 37 heavy (non-hydrogen) atoms. The molecule has 0 spiro atoms. The lowest BCUT2D eigenvalue weighted by Gasteiger charge is -2.26. The van der Waals surface area contributed by atoms with Gasteiger partial charge in [-0.2, -0.15) is 4.31 Å². The Labute approximate surface area is 216 Å². The molecule has 5 rings (SSSR count). The number of aromatic nitrogens is 3. The Morgan fingerprint density at radius 3 is 2.43 bits per heavy atom. The van der Waals surface area contributed by atoms with Gasteiger partial charge in [0.05, 0.1) is 36.0 Å². The fourth-order valence-electron chi connectivity index (χ4n) is 4.46. The zero-order valence-electron chi connectivity index (χ0n) is 20.9. The zero-order valence-corrected chi connectivity index (χ0v) is 21.7. The summed E-state index contributed by atoms with van der Waals surface area (Å²) in [5, 5.41) is 0. The number of ether oxygens (including phenoxy) is 1. The number of fused-ring (bicyclic) bond motifs is 1. The van der Waals surface area contributed by atoms with E-state index >= 15 is 0 Å². The number of imidazole rings is 1. The average molecular weight is 517 g/mol. The van der Waals surface area contributed by atoms with Crippen molar-refractivity contribution in [3.05, 3.63) is 108 Å². The molecule has 0 aliphatic rings. The number of hydrogen-bond acceptors (Lipinski definition) is 6. The molecule has 0 bridgehead atoms. The standard InChI is InChI=1S/C28H28N4O4S/c1-20-30-25-18-29-15-14-26(25)32(20)19-22-8-12-24(13-9-22)37(33,34)31(2)27(28-5-4-16-36-28)17-21-6-10-23(35-3)11-7-21/h4-16,18,27H,17,19H2,1-3H3. The van der Waals surface area contributed by atoms with Gasteiger partial charge in [-0.3, -0.25) is 4.98 Å². The highest BCUT2D eigenvalue weighted by atomic mass is 32.2. The molecule has 0 radical (unpaired) electrons. The predicted molar refractivity (Wildman–Crippen MR) is 141 cm³/mol. The molecule has 0 fully saturated rings. The number of furan rings is 1. The highest BCUT2D eigenvalue weighted by Gasteiger charge is 2.31. The molecule has 3 heterocycles. The van der Waals surface area contributed by atoms with Crippen LogP contribution in [0.1, 0.15) is 28.8 Å². The van der Waals surface area contributed by atoms with Crippen LogP contribution in [0.15, 0.2) is 94.7 Å². The number of benzene rings is 2. The van der Waals surface area contributed by atoms with Crippen LogP contribution >= 0.6 is 0 Å². The van der Waals surface area contributed by atoms with Crippen molar-refractivity contribution in [2.45, 2.75) is 30.8 Å². The van der Waals surface area contributed by atoms with E-state index < -0.39 is 16.1 Å². The van der Waals surface area contributed by atoms with Gasteiger partial charge < -0.3 is 13.7 Å². The third-order valence-corrected chi connectivity index (χ3v) is 8.46. The van der Waals surface area contributed by atoms with E-state index in [0.717, 1.165) is 33.7 Å². The maximum absolute atomic E-state index is 13.7. The summed E-state index contributed by atoms with van der Waals surface area (Å²) in [7, 11) is -0.592.